The number of halogens is 1. The number of aromatic nitrogens is 1. The van der Waals surface area contributed by atoms with Crippen molar-refractivity contribution in [3.8, 4) is 17.0 Å². The summed E-state index contributed by atoms with van der Waals surface area (Å²) in [5.41, 5.74) is 4.26. The van der Waals surface area contributed by atoms with E-state index in [1.165, 1.54) is 0 Å². The van der Waals surface area contributed by atoms with Crippen LogP contribution in [0.2, 0.25) is 5.02 Å². The molecule has 118 valence electrons. The summed E-state index contributed by atoms with van der Waals surface area (Å²) in [5, 5.41) is 10.8. The molecule has 3 rings (SSSR count). The van der Waals surface area contributed by atoms with Crippen LogP contribution in [-0.2, 0) is 11.2 Å². The summed E-state index contributed by atoms with van der Waals surface area (Å²) in [4.78, 5) is 14.6. The van der Waals surface area contributed by atoms with E-state index >= 15 is 0 Å². The number of H-pyrrole nitrogens is 1. The van der Waals surface area contributed by atoms with E-state index in [1.54, 1.807) is 13.2 Å². The Morgan fingerprint density at radius 2 is 1.91 bits per heavy atom. The van der Waals surface area contributed by atoms with E-state index in [2.05, 4.69) is 4.98 Å². The van der Waals surface area contributed by atoms with Crippen LogP contribution in [0.15, 0.2) is 36.4 Å². The second kappa shape index (κ2) is 5.97. The normalized spacial score (nSPS) is 10.9. The molecular formula is C18H16ClNO3. The summed E-state index contributed by atoms with van der Waals surface area (Å²) in [5.74, 6) is -0.114. The van der Waals surface area contributed by atoms with E-state index in [-0.39, 0.29) is 6.42 Å². The van der Waals surface area contributed by atoms with Crippen molar-refractivity contribution >= 4 is 28.5 Å². The van der Waals surface area contributed by atoms with Crippen LogP contribution in [0.4, 0.5) is 0 Å². The zero-order valence-corrected chi connectivity index (χ0v) is 13.6. The van der Waals surface area contributed by atoms with Gasteiger partial charge in [0.25, 0.3) is 0 Å². The highest BCUT2D eigenvalue weighted by atomic mass is 35.5. The van der Waals surface area contributed by atoms with Crippen molar-refractivity contribution in [1.29, 1.82) is 0 Å². The standard InChI is InChI=1S/C18H16ClNO3/c1-10-15(19)8-7-13-14(9-16(21)22)18(20-17(10)13)11-3-5-12(23-2)6-4-11/h3-8,20H,9H2,1-2H3,(H,21,22). The number of ether oxygens (including phenoxy) is 1. The van der Waals surface area contributed by atoms with Gasteiger partial charge in [0.05, 0.1) is 24.7 Å². The molecule has 0 saturated heterocycles. The second-order valence-electron chi connectivity index (χ2n) is 5.37. The van der Waals surface area contributed by atoms with E-state index in [0.717, 1.165) is 39.0 Å². The molecule has 0 radical (unpaired) electrons. The highest BCUT2D eigenvalue weighted by Crippen LogP contribution is 2.35. The van der Waals surface area contributed by atoms with Gasteiger partial charge in [0, 0.05) is 10.4 Å². The largest absolute Gasteiger partial charge is 0.497 e. The van der Waals surface area contributed by atoms with Crippen molar-refractivity contribution in [2.75, 3.05) is 7.11 Å². The molecule has 0 unspecified atom stereocenters. The third-order valence-electron chi connectivity index (χ3n) is 3.98. The number of aliphatic carboxylic acids is 1. The Balaban J connectivity index is 2.25. The Kier molecular flexibility index (Phi) is 4.01. The first-order chi connectivity index (χ1) is 11.0. The van der Waals surface area contributed by atoms with Crippen molar-refractivity contribution in [2.24, 2.45) is 0 Å². The van der Waals surface area contributed by atoms with Crippen LogP contribution in [0.1, 0.15) is 11.1 Å². The minimum atomic E-state index is -0.867. The molecule has 0 amide bonds. The predicted octanol–water partition coefficient (Wildman–Crippen LogP) is 4.43. The first-order valence-electron chi connectivity index (χ1n) is 7.17. The molecule has 4 nitrogen and oxygen atoms in total. The van der Waals surface area contributed by atoms with Gasteiger partial charge in [-0.05, 0) is 53.9 Å². The van der Waals surface area contributed by atoms with Gasteiger partial charge in [0.2, 0.25) is 0 Å². The fourth-order valence-corrected chi connectivity index (χ4v) is 2.93. The van der Waals surface area contributed by atoms with E-state index < -0.39 is 5.97 Å². The van der Waals surface area contributed by atoms with Gasteiger partial charge >= 0.3 is 5.97 Å². The minimum absolute atomic E-state index is 0.0531. The van der Waals surface area contributed by atoms with E-state index in [4.69, 9.17) is 16.3 Å². The van der Waals surface area contributed by atoms with Crippen LogP contribution in [-0.4, -0.2) is 23.2 Å². The van der Waals surface area contributed by atoms with Crippen LogP contribution in [0.3, 0.4) is 0 Å². The monoisotopic (exact) mass is 329 g/mol. The molecule has 0 aliphatic heterocycles. The summed E-state index contributed by atoms with van der Waals surface area (Å²) >= 11 is 6.19. The highest BCUT2D eigenvalue weighted by Gasteiger charge is 2.17. The topological polar surface area (TPSA) is 62.3 Å². The number of nitrogens with one attached hydrogen (secondary N) is 1. The van der Waals surface area contributed by atoms with Crippen molar-refractivity contribution in [2.45, 2.75) is 13.3 Å². The quantitative estimate of drug-likeness (QED) is 0.744. The maximum Gasteiger partial charge on any atom is 0.307 e. The lowest BCUT2D eigenvalue weighted by Gasteiger charge is -2.05. The van der Waals surface area contributed by atoms with E-state index in [0.29, 0.717) is 5.02 Å². The van der Waals surface area contributed by atoms with Gasteiger partial charge in [-0.1, -0.05) is 17.7 Å². The first kappa shape index (κ1) is 15.4. The Morgan fingerprint density at radius 1 is 1.22 bits per heavy atom. The first-order valence-corrected chi connectivity index (χ1v) is 7.55. The zero-order valence-electron chi connectivity index (χ0n) is 12.8. The number of aromatic amines is 1. The van der Waals surface area contributed by atoms with Crippen molar-refractivity contribution in [3.05, 3.63) is 52.5 Å². The van der Waals surface area contributed by atoms with Gasteiger partial charge in [0.15, 0.2) is 0 Å². The molecule has 1 aromatic heterocycles. The van der Waals surface area contributed by atoms with Gasteiger partial charge < -0.3 is 14.8 Å². The molecular weight excluding hydrogens is 314 g/mol. The molecule has 2 N–H and O–H groups in total. The summed E-state index contributed by atoms with van der Waals surface area (Å²) < 4.78 is 5.17. The molecule has 1 heterocycles. The van der Waals surface area contributed by atoms with Crippen molar-refractivity contribution < 1.29 is 14.6 Å². The van der Waals surface area contributed by atoms with Crippen LogP contribution < -0.4 is 4.74 Å². The molecule has 0 fully saturated rings. The predicted molar refractivity (Wildman–Crippen MR) is 91.4 cm³/mol. The molecule has 0 aliphatic carbocycles. The zero-order chi connectivity index (χ0) is 16.6. The number of carbonyl (C=O) groups is 1. The lowest BCUT2D eigenvalue weighted by Crippen LogP contribution is -2.01. The molecule has 2 aromatic carbocycles. The van der Waals surface area contributed by atoms with Gasteiger partial charge in [-0.25, -0.2) is 0 Å². The van der Waals surface area contributed by atoms with Crippen molar-refractivity contribution in [3.63, 3.8) is 0 Å². The Bertz CT molecular complexity index is 881. The maximum atomic E-state index is 11.3. The van der Waals surface area contributed by atoms with E-state index in [1.807, 2.05) is 37.3 Å². The summed E-state index contributed by atoms with van der Waals surface area (Å²) in [6.07, 6.45) is -0.0531. The molecule has 3 aromatic rings. The molecule has 0 aliphatic rings. The number of aryl methyl sites for hydroxylation is 1. The second-order valence-corrected chi connectivity index (χ2v) is 5.78. The fourth-order valence-electron chi connectivity index (χ4n) is 2.77. The Hall–Kier alpha value is -2.46. The van der Waals surface area contributed by atoms with Gasteiger partial charge in [-0.3, -0.25) is 4.79 Å². The molecule has 0 atom stereocenters. The fraction of sp³-hybridized carbons (Fsp3) is 0.167. The number of fused-ring (bicyclic) bond motifs is 1. The lowest BCUT2D eigenvalue weighted by molar-refractivity contribution is -0.136. The third kappa shape index (κ3) is 2.78. The van der Waals surface area contributed by atoms with Gasteiger partial charge in [0.1, 0.15) is 5.75 Å². The van der Waals surface area contributed by atoms with Crippen LogP contribution in [0.5, 0.6) is 5.75 Å². The molecule has 0 spiro atoms. The van der Waals surface area contributed by atoms with Gasteiger partial charge in [-0.15, -0.1) is 0 Å². The van der Waals surface area contributed by atoms with Crippen LogP contribution in [0, 0.1) is 6.92 Å². The maximum absolute atomic E-state index is 11.3. The molecule has 0 bridgehead atoms. The number of carboxylic acids is 1. The smallest absolute Gasteiger partial charge is 0.307 e. The van der Waals surface area contributed by atoms with Crippen LogP contribution in [0.25, 0.3) is 22.2 Å². The summed E-state index contributed by atoms with van der Waals surface area (Å²) in [6.45, 7) is 1.92. The molecule has 0 saturated carbocycles. The number of hydrogen-bond donors (Lipinski definition) is 2. The van der Waals surface area contributed by atoms with Crippen molar-refractivity contribution in [1.82, 2.24) is 4.98 Å². The van der Waals surface area contributed by atoms with E-state index in [9.17, 15) is 9.90 Å². The number of rotatable bonds is 4. The Labute approximate surface area is 138 Å². The van der Waals surface area contributed by atoms with Crippen LogP contribution >= 0.6 is 11.6 Å². The minimum Gasteiger partial charge on any atom is -0.497 e. The Morgan fingerprint density at radius 3 is 2.52 bits per heavy atom. The molecule has 23 heavy (non-hydrogen) atoms. The number of benzene rings is 2. The summed E-state index contributed by atoms with van der Waals surface area (Å²) in [7, 11) is 1.61. The average Bonchev–Trinajstić information content (AvgIpc) is 2.90. The molecule has 5 heteroatoms. The van der Waals surface area contributed by atoms with Gasteiger partial charge in [-0.2, -0.15) is 0 Å². The number of methoxy groups -OCH3 is 1. The number of hydrogen-bond acceptors (Lipinski definition) is 2. The highest BCUT2D eigenvalue weighted by molar-refractivity contribution is 6.32. The number of carboxylic acid groups (broad SMARTS) is 1. The summed E-state index contributed by atoms with van der Waals surface area (Å²) in [6, 6.07) is 11.2. The SMILES string of the molecule is COc1ccc(-c2[nH]c3c(C)c(Cl)ccc3c2CC(=O)O)cc1. The average molecular weight is 330 g/mol. The lowest BCUT2D eigenvalue weighted by atomic mass is 10.0. The third-order valence-corrected chi connectivity index (χ3v) is 4.39.